The molecule has 0 aromatic heterocycles. The van der Waals surface area contributed by atoms with E-state index in [0.717, 1.165) is 13.0 Å². The van der Waals surface area contributed by atoms with Gasteiger partial charge in [0.05, 0.1) is 5.41 Å². The highest BCUT2D eigenvalue weighted by Gasteiger charge is 2.44. The van der Waals surface area contributed by atoms with Crippen LogP contribution < -0.4 is 11.1 Å². The molecule has 8 heteroatoms. The van der Waals surface area contributed by atoms with E-state index < -0.39 is 21.5 Å². The van der Waals surface area contributed by atoms with Crippen LogP contribution in [-0.4, -0.2) is 62.2 Å². The lowest BCUT2D eigenvalue weighted by molar-refractivity contribution is -0.126. The second kappa shape index (κ2) is 5.35. The first kappa shape index (κ1) is 14.7. The molecule has 2 aliphatic rings. The van der Waals surface area contributed by atoms with Crippen LogP contribution in [0.1, 0.15) is 19.8 Å². The Balaban J connectivity index is 2.10. The average Bonchev–Trinajstić information content (AvgIpc) is 2.60. The molecular weight excluding hydrogens is 268 g/mol. The molecule has 0 spiro atoms. The van der Waals surface area contributed by atoms with Gasteiger partial charge in [0, 0.05) is 32.7 Å². The maximum Gasteiger partial charge on any atom is 0.282 e. The van der Waals surface area contributed by atoms with Gasteiger partial charge in [-0.2, -0.15) is 17.0 Å². The van der Waals surface area contributed by atoms with Crippen molar-refractivity contribution in [2.45, 2.75) is 19.8 Å². The Morgan fingerprint density at radius 2 is 1.95 bits per heavy atom. The molecule has 19 heavy (non-hydrogen) atoms. The van der Waals surface area contributed by atoms with Gasteiger partial charge >= 0.3 is 0 Å². The minimum absolute atomic E-state index is 0.189. The first-order chi connectivity index (χ1) is 8.86. The summed E-state index contributed by atoms with van der Waals surface area (Å²) >= 11 is 0. The maximum absolute atomic E-state index is 12.5. The van der Waals surface area contributed by atoms with E-state index in [1.165, 1.54) is 8.61 Å². The number of nitrogens with one attached hydrogen (secondary N) is 1. The molecule has 1 amide bonds. The average molecular weight is 290 g/mol. The summed E-state index contributed by atoms with van der Waals surface area (Å²) < 4.78 is 27.9. The highest BCUT2D eigenvalue weighted by atomic mass is 32.2. The molecule has 0 aliphatic carbocycles. The van der Waals surface area contributed by atoms with Crippen molar-refractivity contribution in [1.82, 2.24) is 13.9 Å². The van der Waals surface area contributed by atoms with Gasteiger partial charge in [0.15, 0.2) is 0 Å². The van der Waals surface area contributed by atoms with E-state index in [9.17, 15) is 13.2 Å². The van der Waals surface area contributed by atoms with Crippen molar-refractivity contribution in [2.75, 3.05) is 39.3 Å². The summed E-state index contributed by atoms with van der Waals surface area (Å²) in [5.74, 6) is -0.428. The molecule has 0 saturated carbocycles. The van der Waals surface area contributed by atoms with Crippen LogP contribution in [0.3, 0.4) is 0 Å². The molecule has 0 bridgehead atoms. The van der Waals surface area contributed by atoms with E-state index in [2.05, 4.69) is 5.32 Å². The zero-order valence-corrected chi connectivity index (χ0v) is 12.1. The molecule has 2 heterocycles. The Hall–Kier alpha value is -0.700. The Morgan fingerprint density at radius 1 is 1.21 bits per heavy atom. The van der Waals surface area contributed by atoms with E-state index in [4.69, 9.17) is 5.73 Å². The van der Waals surface area contributed by atoms with Crippen LogP contribution in [0.15, 0.2) is 0 Å². The van der Waals surface area contributed by atoms with Crippen LogP contribution in [0.4, 0.5) is 0 Å². The number of hydrogen-bond acceptors (Lipinski definition) is 4. The smallest absolute Gasteiger partial charge is 0.282 e. The van der Waals surface area contributed by atoms with Gasteiger partial charge in [-0.05, 0) is 26.3 Å². The summed E-state index contributed by atoms with van der Waals surface area (Å²) in [4.78, 5) is 11.4. The molecule has 110 valence electrons. The van der Waals surface area contributed by atoms with Crippen molar-refractivity contribution >= 4 is 16.1 Å². The second-order valence-electron chi connectivity index (χ2n) is 5.52. The third kappa shape index (κ3) is 2.91. The van der Waals surface area contributed by atoms with Gasteiger partial charge in [-0.15, -0.1) is 0 Å². The summed E-state index contributed by atoms with van der Waals surface area (Å²) in [5, 5.41) is 3.18. The molecule has 2 aliphatic heterocycles. The summed E-state index contributed by atoms with van der Waals surface area (Å²) in [6.07, 6.45) is 1.30. The Kier molecular flexibility index (Phi) is 4.14. The van der Waals surface area contributed by atoms with Crippen molar-refractivity contribution < 1.29 is 13.2 Å². The van der Waals surface area contributed by atoms with Gasteiger partial charge in [0.1, 0.15) is 0 Å². The minimum Gasteiger partial charge on any atom is -0.369 e. The Labute approximate surface area is 114 Å². The number of nitrogens with zero attached hydrogens (tertiary/aromatic N) is 2. The van der Waals surface area contributed by atoms with Gasteiger partial charge in [-0.3, -0.25) is 4.79 Å². The fraction of sp³-hybridized carbons (Fsp3) is 0.909. The standard InChI is InChI=1S/C11H22N4O3S/c1-11(10(12)16)3-7-15(9-11)19(17,18)14-6-2-4-13-5-8-14/h13H,2-9H2,1H3,(H2,12,16). The molecule has 7 nitrogen and oxygen atoms in total. The molecule has 2 rings (SSSR count). The van der Waals surface area contributed by atoms with E-state index in [1.807, 2.05) is 0 Å². The highest BCUT2D eigenvalue weighted by molar-refractivity contribution is 7.86. The van der Waals surface area contributed by atoms with Crippen molar-refractivity contribution in [3.8, 4) is 0 Å². The lowest BCUT2D eigenvalue weighted by Gasteiger charge is -2.27. The third-order valence-electron chi connectivity index (χ3n) is 3.98. The van der Waals surface area contributed by atoms with E-state index in [0.29, 0.717) is 32.6 Å². The second-order valence-corrected chi connectivity index (χ2v) is 7.45. The largest absolute Gasteiger partial charge is 0.369 e. The number of nitrogens with two attached hydrogens (primary N) is 1. The van der Waals surface area contributed by atoms with Crippen LogP contribution >= 0.6 is 0 Å². The number of carbonyl (C=O) groups is 1. The van der Waals surface area contributed by atoms with Crippen molar-refractivity contribution in [2.24, 2.45) is 11.1 Å². The lowest BCUT2D eigenvalue weighted by Crippen LogP contribution is -2.46. The van der Waals surface area contributed by atoms with Crippen LogP contribution in [0.25, 0.3) is 0 Å². The van der Waals surface area contributed by atoms with Crippen LogP contribution in [0.5, 0.6) is 0 Å². The first-order valence-corrected chi connectivity index (χ1v) is 8.02. The van der Waals surface area contributed by atoms with Crippen molar-refractivity contribution in [3.05, 3.63) is 0 Å². The summed E-state index contributed by atoms with van der Waals surface area (Å²) in [6, 6.07) is 0. The van der Waals surface area contributed by atoms with Gasteiger partial charge in [0.25, 0.3) is 10.2 Å². The van der Waals surface area contributed by atoms with Crippen molar-refractivity contribution in [3.63, 3.8) is 0 Å². The molecule has 1 atom stereocenters. The predicted octanol–water partition coefficient (Wildman–Crippen LogP) is -1.28. The van der Waals surface area contributed by atoms with E-state index in [1.54, 1.807) is 6.92 Å². The van der Waals surface area contributed by atoms with Crippen molar-refractivity contribution in [1.29, 1.82) is 0 Å². The lowest BCUT2D eigenvalue weighted by atomic mass is 9.89. The van der Waals surface area contributed by atoms with Crippen LogP contribution in [0.2, 0.25) is 0 Å². The highest BCUT2D eigenvalue weighted by Crippen LogP contribution is 2.32. The summed E-state index contributed by atoms with van der Waals surface area (Å²) in [6.45, 7) is 4.80. The normalized spacial score (nSPS) is 31.2. The minimum atomic E-state index is -3.47. The SMILES string of the molecule is CC1(C(N)=O)CCN(S(=O)(=O)N2CCCNCC2)C1. The Bertz CT molecular complexity index is 445. The van der Waals surface area contributed by atoms with Crippen LogP contribution in [-0.2, 0) is 15.0 Å². The summed E-state index contributed by atoms with van der Waals surface area (Å²) in [5.41, 5.74) is 4.62. The molecule has 0 aromatic rings. The zero-order chi connectivity index (χ0) is 14.1. The Morgan fingerprint density at radius 3 is 2.58 bits per heavy atom. The number of carbonyl (C=O) groups excluding carboxylic acids is 1. The first-order valence-electron chi connectivity index (χ1n) is 6.62. The van der Waals surface area contributed by atoms with Gasteiger partial charge in [0.2, 0.25) is 5.91 Å². The van der Waals surface area contributed by atoms with Gasteiger partial charge in [-0.1, -0.05) is 0 Å². The van der Waals surface area contributed by atoms with E-state index in [-0.39, 0.29) is 6.54 Å². The van der Waals surface area contributed by atoms with Gasteiger partial charge in [-0.25, -0.2) is 0 Å². The molecule has 1 unspecified atom stereocenters. The molecular formula is C11H22N4O3S. The van der Waals surface area contributed by atoms with Gasteiger partial charge < -0.3 is 11.1 Å². The topological polar surface area (TPSA) is 95.7 Å². The maximum atomic E-state index is 12.5. The predicted molar refractivity (Wildman–Crippen MR) is 71.5 cm³/mol. The fourth-order valence-corrected chi connectivity index (χ4v) is 4.31. The number of primary amides is 1. The monoisotopic (exact) mass is 290 g/mol. The fourth-order valence-electron chi connectivity index (χ4n) is 2.53. The molecule has 2 saturated heterocycles. The number of rotatable bonds is 3. The molecule has 0 radical (unpaired) electrons. The number of amides is 1. The third-order valence-corrected chi connectivity index (χ3v) is 5.97. The molecule has 3 N–H and O–H groups in total. The van der Waals surface area contributed by atoms with Crippen LogP contribution in [0, 0.1) is 5.41 Å². The molecule has 0 aromatic carbocycles. The van der Waals surface area contributed by atoms with E-state index >= 15 is 0 Å². The quantitative estimate of drug-likeness (QED) is 0.677. The zero-order valence-electron chi connectivity index (χ0n) is 11.3. The molecule has 2 fully saturated rings. The summed E-state index contributed by atoms with van der Waals surface area (Å²) in [7, 11) is -3.47. The number of hydrogen-bond donors (Lipinski definition) is 2.